The average molecular weight is 278 g/mol. The first kappa shape index (κ1) is 14.7. The Bertz CT molecular complexity index is 470. The molecule has 0 saturated carbocycles. The molecule has 5 heteroatoms. The molecule has 1 saturated heterocycles. The number of rotatable bonds is 4. The first-order valence-electron chi connectivity index (χ1n) is 6.88. The van der Waals surface area contributed by atoms with Crippen molar-refractivity contribution in [3.05, 3.63) is 23.8 Å². The fourth-order valence-electron chi connectivity index (χ4n) is 2.35. The molecule has 1 atom stereocenters. The Balaban J connectivity index is 1.91. The van der Waals surface area contributed by atoms with E-state index in [0.717, 1.165) is 36.4 Å². The highest BCUT2D eigenvalue weighted by atomic mass is 16.5. The second kappa shape index (κ2) is 6.61. The van der Waals surface area contributed by atoms with Gasteiger partial charge in [-0.25, -0.2) is 4.79 Å². The zero-order chi connectivity index (χ0) is 14.5. The molecule has 2 rings (SSSR count). The number of amides is 2. The summed E-state index contributed by atoms with van der Waals surface area (Å²) in [6.45, 7) is 3.38. The third-order valence-electron chi connectivity index (χ3n) is 3.49. The molecule has 20 heavy (non-hydrogen) atoms. The average Bonchev–Trinajstić information content (AvgIpc) is 2.91. The lowest BCUT2D eigenvalue weighted by Gasteiger charge is -2.21. The number of nitrogens with one attached hydrogen (secondary N) is 1. The Kier molecular flexibility index (Phi) is 4.84. The number of hydrogen-bond acceptors (Lipinski definition) is 3. The highest BCUT2D eigenvalue weighted by Gasteiger charge is 2.20. The van der Waals surface area contributed by atoms with Crippen molar-refractivity contribution in [2.24, 2.45) is 0 Å². The number of nitrogens with zero attached hydrogens (tertiary/aromatic N) is 1. The van der Waals surface area contributed by atoms with Gasteiger partial charge >= 0.3 is 6.03 Å². The molecular formula is C15H22N2O3. The Morgan fingerprint density at radius 2 is 2.35 bits per heavy atom. The maximum absolute atomic E-state index is 12.1. The largest absolute Gasteiger partial charge is 0.496 e. The molecule has 5 nitrogen and oxygen atoms in total. The predicted molar refractivity (Wildman–Crippen MR) is 78.4 cm³/mol. The van der Waals surface area contributed by atoms with Gasteiger partial charge in [-0.3, -0.25) is 0 Å². The van der Waals surface area contributed by atoms with Gasteiger partial charge in [-0.05, 0) is 43.5 Å². The second-order valence-electron chi connectivity index (χ2n) is 5.13. The molecule has 1 aromatic carbocycles. The van der Waals surface area contributed by atoms with Crippen LogP contribution in [0.25, 0.3) is 0 Å². The summed E-state index contributed by atoms with van der Waals surface area (Å²) in [5.41, 5.74) is 1.76. The van der Waals surface area contributed by atoms with Gasteiger partial charge in [0.05, 0.1) is 13.2 Å². The quantitative estimate of drug-likeness (QED) is 0.921. The van der Waals surface area contributed by atoms with Crippen LogP contribution in [-0.4, -0.2) is 44.3 Å². The molecule has 0 radical (unpaired) electrons. The van der Waals surface area contributed by atoms with E-state index in [1.54, 1.807) is 19.1 Å². The number of carbonyl (C=O) groups is 1. The third kappa shape index (κ3) is 3.63. The topological polar surface area (TPSA) is 50.8 Å². The summed E-state index contributed by atoms with van der Waals surface area (Å²) < 4.78 is 10.7. The van der Waals surface area contributed by atoms with E-state index in [2.05, 4.69) is 5.32 Å². The molecule has 110 valence electrons. The van der Waals surface area contributed by atoms with Gasteiger partial charge < -0.3 is 19.7 Å². The van der Waals surface area contributed by atoms with Gasteiger partial charge in [0.15, 0.2) is 0 Å². The van der Waals surface area contributed by atoms with Crippen molar-refractivity contribution in [1.82, 2.24) is 4.90 Å². The Morgan fingerprint density at radius 1 is 1.55 bits per heavy atom. The minimum atomic E-state index is -0.120. The van der Waals surface area contributed by atoms with Gasteiger partial charge in [0.1, 0.15) is 5.75 Å². The van der Waals surface area contributed by atoms with Crippen molar-refractivity contribution in [2.75, 3.05) is 32.6 Å². The van der Waals surface area contributed by atoms with Crippen LogP contribution in [0.1, 0.15) is 18.4 Å². The highest BCUT2D eigenvalue weighted by molar-refractivity contribution is 5.89. The summed E-state index contributed by atoms with van der Waals surface area (Å²) in [5, 5.41) is 2.88. The summed E-state index contributed by atoms with van der Waals surface area (Å²) in [5.74, 6) is 0.815. The number of benzene rings is 1. The maximum atomic E-state index is 12.1. The van der Waals surface area contributed by atoms with Crippen molar-refractivity contribution in [1.29, 1.82) is 0 Å². The third-order valence-corrected chi connectivity index (χ3v) is 3.49. The Morgan fingerprint density at radius 3 is 2.95 bits per heavy atom. The number of urea groups is 1. The fourth-order valence-corrected chi connectivity index (χ4v) is 2.35. The van der Waals surface area contributed by atoms with Crippen molar-refractivity contribution in [2.45, 2.75) is 25.9 Å². The number of hydrogen-bond donors (Lipinski definition) is 1. The van der Waals surface area contributed by atoms with Crippen molar-refractivity contribution in [3.8, 4) is 5.75 Å². The summed E-state index contributed by atoms with van der Waals surface area (Å²) in [6.07, 6.45) is 2.28. The van der Waals surface area contributed by atoms with E-state index in [-0.39, 0.29) is 12.1 Å². The molecule has 1 aliphatic heterocycles. The van der Waals surface area contributed by atoms with Crippen LogP contribution >= 0.6 is 0 Å². The van der Waals surface area contributed by atoms with Crippen LogP contribution in [0, 0.1) is 6.92 Å². The number of aryl methyl sites for hydroxylation is 1. The zero-order valence-corrected chi connectivity index (χ0v) is 12.3. The van der Waals surface area contributed by atoms with E-state index in [4.69, 9.17) is 9.47 Å². The number of likely N-dealkylation sites (N-methyl/N-ethyl adjacent to an activating group) is 1. The van der Waals surface area contributed by atoms with Crippen molar-refractivity contribution >= 4 is 11.7 Å². The fraction of sp³-hybridized carbons (Fsp3) is 0.533. The molecule has 0 unspecified atom stereocenters. The Hall–Kier alpha value is -1.75. The molecule has 1 aliphatic rings. The Labute approximate surface area is 119 Å². The molecular weight excluding hydrogens is 256 g/mol. The van der Waals surface area contributed by atoms with Gasteiger partial charge in [0, 0.05) is 25.9 Å². The van der Waals surface area contributed by atoms with Crippen molar-refractivity contribution < 1.29 is 14.3 Å². The normalized spacial score (nSPS) is 17.9. The van der Waals surface area contributed by atoms with Gasteiger partial charge in [0.25, 0.3) is 0 Å². The van der Waals surface area contributed by atoms with Crippen LogP contribution in [0.2, 0.25) is 0 Å². The summed E-state index contributed by atoms with van der Waals surface area (Å²) >= 11 is 0. The molecule has 0 aliphatic carbocycles. The minimum absolute atomic E-state index is 0.120. The molecule has 0 aromatic heterocycles. The molecule has 1 fully saturated rings. The number of ether oxygens (including phenoxy) is 2. The van der Waals surface area contributed by atoms with Gasteiger partial charge in [-0.1, -0.05) is 0 Å². The highest BCUT2D eigenvalue weighted by Crippen LogP contribution is 2.21. The number of carbonyl (C=O) groups excluding carboxylic acids is 1. The van der Waals surface area contributed by atoms with Crippen LogP contribution in [0.15, 0.2) is 18.2 Å². The van der Waals surface area contributed by atoms with Crippen LogP contribution in [0.4, 0.5) is 10.5 Å². The van der Waals surface area contributed by atoms with Crippen LogP contribution in [0.3, 0.4) is 0 Å². The molecule has 0 spiro atoms. The SMILES string of the molecule is COc1ccc(NC(=O)N(C)C[C@H]2CCCO2)cc1C. The first-order valence-corrected chi connectivity index (χ1v) is 6.88. The predicted octanol–water partition coefficient (Wildman–Crippen LogP) is 2.65. The van der Waals surface area contributed by atoms with E-state index >= 15 is 0 Å². The number of anilines is 1. The van der Waals surface area contributed by atoms with E-state index in [0.29, 0.717) is 6.54 Å². The lowest BCUT2D eigenvalue weighted by Crippen LogP contribution is -2.37. The minimum Gasteiger partial charge on any atom is -0.496 e. The first-order chi connectivity index (χ1) is 9.60. The molecule has 1 aromatic rings. The zero-order valence-electron chi connectivity index (χ0n) is 12.3. The molecule has 2 amide bonds. The van der Waals surface area contributed by atoms with E-state index in [1.807, 2.05) is 25.1 Å². The second-order valence-corrected chi connectivity index (χ2v) is 5.13. The van der Waals surface area contributed by atoms with Gasteiger partial charge in [-0.2, -0.15) is 0 Å². The molecule has 1 N–H and O–H groups in total. The van der Waals surface area contributed by atoms with Crippen LogP contribution < -0.4 is 10.1 Å². The maximum Gasteiger partial charge on any atom is 0.321 e. The van der Waals surface area contributed by atoms with Gasteiger partial charge in [-0.15, -0.1) is 0 Å². The smallest absolute Gasteiger partial charge is 0.321 e. The lowest BCUT2D eigenvalue weighted by atomic mass is 10.2. The summed E-state index contributed by atoms with van der Waals surface area (Å²) in [4.78, 5) is 13.8. The van der Waals surface area contributed by atoms with E-state index in [9.17, 15) is 4.79 Å². The van der Waals surface area contributed by atoms with E-state index in [1.165, 1.54) is 0 Å². The monoisotopic (exact) mass is 278 g/mol. The number of methoxy groups -OCH3 is 1. The summed E-state index contributed by atoms with van der Waals surface area (Å²) in [7, 11) is 3.42. The lowest BCUT2D eigenvalue weighted by molar-refractivity contribution is 0.0894. The molecule has 1 heterocycles. The van der Waals surface area contributed by atoms with E-state index < -0.39 is 0 Å². The van der Waals surface area contributed by atoms with Crippen molar-refractivity contribution in [3.63, 3.8) is 0 Å². The van der Waals surface area contributed by atoms with Crippen LogP contribution in [0.5, 0.6) is 5.75 Å². The van der Waals surface area contributed by atoms with Gasteiger partial charge in [0.2, 0.25) is 0 Å². The summed E-state index contributed by atoms with van der Waals surface area (Å²) in [6, 6.07) is 5.47. The molecule has 0 bridgehead atoms. The standard InChI is InChI=1S/C15H22N2O3/c1-11-9-12(6-7-14(11)19-3)16-15(18)17(2)10-13-5-4-8-20-13/h6-7,9,13H,4-5,8,10H2,1-3H3,(H,16,18)/t13-/m1/s1. The van der Waals surface area contributed by atoms with Crippen LogP contribution in [-0.2, 0) is 4.74 Å².